The predicted octanol–water partition coefficient (Wildman–Crippen LogP) is 5.89. The minimum absolute atomic E-state index is 0.912. The number of nitrogens with one attached hydrogen (secondary N) is 2. The average molecular weight is 366 g/mol. The van der Waals surface area contributed by atoms with Crippen molar-refractivity contribution < 1.29 is 0 Å². The van der Waals surface area contributed by atoms with Crippen molar-refractivity contribution >= 4 is 46.4 Å². The maximum Gasteiger partial charge on any atom is 0.0894 e. The highest BCUT2D eigenvalue weighted by molar-refractivity contribution is 5.87. The van der Waals surface area contributed by atoms with Gasteiger partial charge < -0.3 is 9.97 Å². The summed E-state index contributed by atoms with van der Waals surface area (Å²) in [5.74, 6) is 0. The smallest absolute Gasteiger partial charge is 0.0894 e. The molecular formula is C24H22N4. The highest BCUT2D eigenvalue weighted by Gasteiger charge is 2.10. The molecule has 138 valence electrons. The minimum atomic E-state index is 0.912. The van der Waals surface area contributed by atoms with Gasteiger partial charge in [0.25, 0.3) is 0 Å². The first kappa shape index (κ1) is 16.8. The lowest BCUT2D eigenvalue weighted by molar-refractivity contribution is 1.20. The molecule has 0 aromatic carbocycles. The fraction of sp³-hybridized carbons (Fsp3) is 0.167. The molecule has 0 atom stereocenters. The quantitative estimate of drug-likeness (QED) is 0.359. The highest BCUT2D eigenvalue weighted by atomic mass is 14.8. The summed E-state index contributed by atoms with van der Waals surface area (Å²) >= 11 is 0. The van der Waals surface area contributed by atoms with Crippen LogP contribution in [-0.4, -0.2) is 19.9 Å². The molecule has 3 aromatic rings. The molecule has 0 spiro atoms. The largest absolute Gasteiger partial charge is 0.354 e. The number of H-pyrrole nitrogens is 2. The zero-order valence-electron chi connectivity index (χ0n) is 16.5. The zero-order valence-corrected chi connectivity index (χ0v) is 16.5. The molecule has 0 amide bonds. The first-order chi connectivity index (χ1) is 13.5. The Balaban J connectivity index is 1.95. The van der Waals surface area contributed by atoms with Gasteiger partial charge in [-0.05, 0) is 98.5 Å². The Bertz CT molecular complexity index is 1240. The molecule has 3 aromatic heterocycles. The van der Waals surface area contributed by atoms with Crippen LogP contribution in [0.2, 0.25) is 0 Å². The zero-order chi connectivity index (χ0) is 19.4. The van der Waals surface area contributed by atoms with Crippen LogP contribution in [0.1, 0.15) is 45.0 Å². The van der Waals surface area contributed by atoms with Crippen LogP contribution in [-0.2, 0) is 0 Å². The molecule has 2 aliphatic heterocycles. The van der Waals surface area contributed by atoms with Gasteiger partial charge in [0, 0.05) is 11.0 Å². The molecule has 0 aliphatic carbocycles. The fourth-order valence-corrected chi connectivity index (χ4v) is 3.91. The molecule has 4 heteroatoms. The molecule has 2 aliphatic rings. The lowest BCUT2D eigenvalue weighted by Crippen LogP contribution is -1.85. The van der Waals surface area contributed by atoms with E-state index >= 15 is 0 Å². The van der Waals surface area contributed by atoms with E-state index < -0.39 is 0 Å². The van der Waals surface area contributed by atoms with Crippen LogP contribution in [0.25, 0.3) is 46.4 Å². The fourth-order valence-electron chi connectivity index (χ4n) is 3.91. The molecule has 0 unspecified atom stereocenters. The van der Waals surface area contributed by atoms with Gasteiger partial charge in [-0.15, -0.1) is 0 Å². The SMILES string of the molecule is Cc1cc2cc(C)c([nH]2)c2[nH]c(cc(C)c3nc(c4nc1C=C4)C=C3)cc2C. The first-order valence-electron chi connectivity index (χ1n) is 9.53. The van der Waals surface area contributed by atoms with Gasteiger partial charge in [-0.25, -0.2) is 9.97 Å². The summed E-state index contributed by atoms with van der Waals surface area (Å²) in [4.78, 5) is 16.7. The molecule has 4 nitrogen and oxygen atoms in total. The average Bonchev–Trinajstić information content (AvgIpc) is 3.40. The summed E-state index contributed by atoms with van der Waals surface area (Å²) in [6, 6.07) is 8.68. The van der Waals surface area contributed by atoms with Gasteiger partial charge in [-0.3, -0.25) is 0 Å². The van der Waals surface area contributed by atoms with Crippen molar-refractivity contribution in [3.63, 3.8) is 0 Å². The van der Waals surface area contributed by atoms with Crippen LogP contribution in [0.4, 0.5) is 0 Å². The minimum Gasteiger partial charge on any atom is -0.354 e. The van der Waals surface area contributed by atoms with E-state index in [1.807, 2.05) is 12.2 Å². The predicted molar refractivity (Wildman–Crippen MR) is 118 cm³/mol. The Morgan fingerprint density at radius 1 is 0.500 bits per heavy atom. The summed E-state index contributed by atoms with van der Waals surface area (Å²) in [7, 11) is 0. The van der Waals surface area contributed by atoms with Crippen molar-refractivity contribution in [3.05, 3.63) is 69.3 Å². The second-order valence-corrected chi connectivity index (χ2v) is 7.65. The van der Waals surface area contributed by atoms with E-state index in [0.717, 1.165) is 56.0 Å². The molecular weight excluding hydrogens is 344 g/mol. The van der Waals surface area contributed by atoms with Gasteiger partial charge >= 0.3 is 0 Å². The lowest BCUT2D eigenvalue weighted by atomic mass is 10.2. The van der Waals surface area contributed by atoms with Gasteiger partial charge in [0.1, 0.15) is 0 Å². The van der Waals surface area contributed by atoms with E-state index in [9.17, 15) is 0 Å². The summed E-state index contributed by atoms with van der Waals surface area (Å²) in [5.41, 5.74) is 12.9. The highest BCUT2D eigenvalue weighted by Crippen LogP contribution is 2.25. The number of hydrogen-bond donors (Lipinski definition) is 2. The number of aryl methyl sites for hydroxylation is 4. The van der Waals surface area contributed by atoms with Crippen LogP contribution in [0.15, 0.2) is 24.3 Å². The Morgan fingerprint density at radius 3 is 1.29 bits per heavy atom. The van der Waals surface area contributed by atoms with Gasteiger partial charge in [-0.1, -0.05) is 0 Å². The Kier molecular flexibility index (Phi) is 3.63. The maximum atomic E-state index is 4.80. The number of hydrogen-bond acceptors (Lipinski definition) is 2. The normalized spacial score (nSPS) is 12.7. The van der Waals surface area contributed by atoms with Crippen molar-refractivity contribution in [1.82, 2.24) is 19.9 Å². The van der Waals surface area contributed by atoms with E-state index in [-0.39, 0.29) is 0 Å². The standard InChI is InChI=1S/C24H22N4/c1-13-9-17-11-15(3)23(25-17)24-16(4)12-18(26-24)10-14(2)20-6-8-22(28-20)21-7-5-19(13)27-21/h5-12,25-26H,1-4H3. The molecule has 5 heterocycles. The van der Waals surface area contributed by atoms with E-state index in [0.29, 0.717) is 0 Å². The second-order valence-electron chi connectivity index (χ2n) is 7.65. The van der Waals surface area contributed by atoms with Gasteiger partial charge in [-0.2, -0.15) is 0 Å². The molecule has 28 heavy (non-hydrogen) atoms. The topological polar surface area (TPSA) is 57.4 Å². The second kappa shape index (κ2) is 6.06. The maximum absolute atomic E-state index is 4.80. The first-order valence-corrected chi connectivity index (χ1v) is 9.53. The third-order valence-electron chi connectivity index (χ3n) is 5.42. The van der Waals surface area contributed by atoms with E-state index in [1.54, 1.807) is 0 Å². The van der Waals surface area contributed by atoms with Crippen LogP contribution >= 0.6 is 0 Å². The van der Waals surface area contributed by atoms with Gasteiger partial charge in [0.2, 0.25) is 0 Å². The number of aromatic nitrogens is 4. The van der Waals surface area contributed by atoms with E-state index in [2.05, 4.69) is 74.1 Å². The summed E-state index contributed by atoms with van der Waals surface area (Å²) in [6.07, 6.45) is 8.21. The van der Waals surface area contributed by atoms with E-state index in [4.69, 9.17) is 9.97 Å². The monoisotopic (exact) mass is 366 g/mol. The molecule has 0 saturated heterocycles. The summed E-state index contributed by atoms with van der Waals surface area (Å²) in [6.45, 7) is 8.48. The van der Waals surface area contributed by atoms with E-state index in [1.165, 1.54) is 11.1 Å². The van der Waals surface area contributed by atoms with Crippen molar-refractivity contribution in [2.75, 3.05) is 0 Å². The molecule has 8 bridgehead atoms. The van der Waals surface area contributed by atoms with Crippen LogP contribution in [0.5, 0.6) is 0 Å². The van der Waals surface area contributed by atoms with Gasteiger partial charge in [0.15, 0.2) is 0 Å². The van der Waals surface area contributed by atoms with Crippen LogP contribution in [0, 0.1) is 27.7 Å². The Morgan fingerprint density at radius 2 is 0.857 bits per heavy atom. The molecule has 0 fully saturated rings. The Labute approximate surface area is 163 Å². The van der Waals surface area contributed by atoms with Crippen molar-refractivity contribution in [3.8, 4) is 0 Å². The van der Waals surface area contributed by atoms with Crippen molar-refractivity contribution in [2.24, 2.45) is 0 Å². The lowest BCUT2D eigenvalue weighted by Gasteiger charge is -1.93. The number of rotatable bonds is 0. The Hall–Kier alpha value is -3.40. The summed E-state index contributed by atoms with van der Waals surface area (Å²) in [5, 5.41) is 0. The third kappa shape index (κ3) is 2.69. The van der Waals surface area contributed by atoms with Crippen molar-refractivity contribution in [1.29, 1.82) is 0 Å². The van der Waals surface area contributed by atoms with Gasteiger partial charge in [0.05, 0.1) is 33.8 Å². The number of fused-ring (bicyclic) bond motifs is 10. The molecule has 0 saturated carbocycles. The summed E-state index contributed by atoms with van der Waals surface area (Å²) < 4.78 is 0. The third-order valence-corrected chi connectivity index (χ3v) is 5.42. The van der Waals surface area contributed by atoms with Crippen LogP contribution < -0.4 is 0 Å². The number of nitrogens with zero attached hydrogens (tertiary/aromatic N) is 2. The van der Waals surface area contributed by atoms with Crippen LogP contribution in [0.3, 0.4) is 0 Å². The molecule has 5 rings (SSSR count). The molecule has 0 radical (unpaired) electrons. The number of aromatic amines is 2. The molecule has 2 N–H and O–H groups in total. The van der Waals surface area contributed by atoms with Crippen molar-refractivity contribution in [2.45, 2.75) is 27.7 Å².